The van der Waals surface area contributed by atoms with Crippen molar-refractivity contribution in [3.8, 4) is 0 Å². The molecule has 0 aliphatic rings. The lowest BCUT2D eigenvalue weighted by molar-refractivity contribution is 0.0959. The van der Waals surface area contributed by atoms with E-state index in [2.05, 4.69) is 26.8 Å². The average Bonchev–Trinajstić information content (AvgIpc) is 2.66. The molecule has 4 rings (SSSR count). The Labute approximate surface area is 156 Å². The third-order valence-corrected chi connectivity index (χ3v) is 4.58. The molecule has 5 nitrogen and oxygen atoms in total. The highest BCUT2D eigenvalue weighted by Gasteiger charge is 2.14. The fraction of sp³-hybridized carbons (Fsp3) is 0. The van der Waals surface area contributed by atoms with Crippen LogP contribution in [-0.4, -0.2) is 5.91 Å². The summed E-state index contributed by atoms with van der Waals surface area (Å²) in [6.07, 6.45) is 0. The van der Waals surface area contributed by atoms with Gasteiger partial charge < -0.3 is 4.42 Å². The lowest BCUT2D eigenvalue weighted by atomic mass is 10.0. The summed E-state index contributed by atoms with van der Waals surface area (Å²) < 4.78 is 6.27. The molecule has 0 saturated carbocycles. The lowest BCUT2D eigenvalue weighted by Crippen LogP contribution is -2.32. The first-order valence-corrected chi connectivity index (χ1v) is 8.69. The third-order valence-electron chi connectivity index (χ3n) is 4.05. The number of anilines is 1. The van der Waals surface area contributed by atoms with Gasteiger partial charge >= 0.3 is 5.63 Å². The summed E-state index contributed by atoms with van der Waals surface area (Å²) in [5.41, 5.74) is 5.71. The fourth-order valence-electron chi connectivity index (χ4n) is 2.76. The SMILES string of the molecule is O=C(NNc1ccc(Br)cc1)c1cc2c(ccc3ccccc32)oc1=O. The van der Waals surface area contributed by atoms with Gasteiger partial charge in [-0.05, 0) is 47.2 Å². The summed E-state index contributed by atoms with van der Waals surface area (Å²) in [6, 6.07) is 20.2. The summed E-state index contributed by atoms with van der Waals surface area (Å²) >= 11 is 3.35. The van der Waals surface area contributed by atoms with Crippen molar-refractivity contribution in [1.29, 1.82) is 0 Å². The first-order valence-electron chi connectivity index (χ1n) is 7.89. The van der Waals surface area contributed by atoms with E-state index in [-0.39, 0.29) is 5.56 Å². The van der Waals surface area contributed by atoms with Crippen molar-refractivity contribution in [2.45, 2.75) is 0 Å². The molecule has 1 amide bonds. The summed E-state index contributed by atoms with van der Waals surface area (Å²) in [5, 5.41) is 2.65. The fourth-order valence-corrected chi connectivity index (χ4v) is 3.02. The van der Waals surface area contributed by atoms with Gasteiger partial charge in [0.2, 0.25) is 0 Å². The van der Waals surface area contributed by atoms with Crippen LogP contribution in [0, 0.1) is 0 Å². The Balaban J connectivity index is 1.69. The number of rotatable bonds is 3. The number of hydrogen-bond acceptors (Lipinski definition) is 4. The molecule has 26 heavy (non-hydrogen) atoms. The molecule has 3 aromatic carbocycles. The lowest BCUT2D eigenvalue weighted by Gasteiger charge is -2.09. The number of hydrazine groups is 1. The van der Waals surface area contributed by atoms with Gasteiger partial charge in [-0.25, -0.2) is 4.79 Å². The Hall–Kier alpha value is -3.12. The van der Waals surface area contributed by atoms with E-state index in [4.69, 9.17) is 4.42 Å². The maximum atomic E-state index is 12.4. The van der Waals surface area contributed by atoms with Crippen LogP contribution in [0.2, 0.25) is 0 Å². The molecule has 0 atom stereocenters. The van der Waals surface area contributed by atoms with E-state index >= 15 is 0 Å². The summed E-state index contributed by atoms with van der Waals surface area (Å²) in [4.78, 5) is 24.6. The van der Waals surface area contributed by atoms with Crippen molar-refractivity contribution in [3.05, 3.63) is 87.2 Å². The molecule has 0 unspecified atom stereocenters. The van der Waals surface area contributed by atoms with Crippen LogP contribution in [0.15, 0.2) is 80.4 Å². The average molecular weight is 409 g/mol. The Morgan fingerprint density at radius 1 is 0.923 bits per heavy atom. The summed E-state index contributed by atoms with van der Waals surface area (Å²) in [6.45, 7) is 0. The minimum atomic E-state index is -0.678. The Morgan fingerprint density at radius 2 is 1.69 bits per heavy atom. The van der Waals surface area contributed by atoms with Crippen molar-refractivity contribution in [1.82, 2.24) is 5.43 Å². The molecule has 1 heterocycles. The van der Waals surface area contributed by atoms with Gasteiger partial charge in [0.15, 0.2) is 0 Å². The molecule has 6 heteroatoms. The standard InChI is InChI=1S/C20H13BrN2O3/c21-13-6-8-14(9-7-13)22-23-19(24)17-11-16-15-4-2-1-3-12(15)5-10-18(16)26-20(17)25/h1-11,22H,(H,23,24). The first-order chi connectivity index (χ1) is 12.6. The molecule has 128 valence electrons. The number of nitrogens with one attached hydrogen (secondary N) is 2. The second-order valence-electron chi connectivity index (χ2n) is 5.73. The Bertz CT molecular complexity index is 1180. The van der Waals surface area contributed by atoms with Gasteiger partial charge in [-0.1, -0.05) is 46.3 Å². The van der Waals surface area contributed by atoms with E-state index in [1.165, 1.54) is 0 Å². The van der Waals surface area contributed by atoms with Crippen LogP contribution in [0.3, 0.4) is 0 Å². The zero-order chi connectivity index (χ0) is 18.1. The van der Waals surface area contributed by atoms with Gasteiger partial charge in [-0.15, -0.1) is 0 Å². The van der Waals surface area contributed by atoms with Gasteiger partial charge in [0.25, 0.3) is 5.91 Å². The predicted molar refractivity (Wildman–Crippen MR) is 105 cm³/mol. The minimum Gasteiger partial charge on any atom is -0.422 e. The minimum absolute atomic E-state index is 0.0570. The summed E-state index contributed by atoms with van der Waals surface area (Å²) in [7, 11) is 0. The molecular formula is C20H13BrN2O3. The monoisotopic (exact) mass is 408 g/mol. The maximum Gasteiger partial charge on any atom is 0.349 e. The van der Waals surface area contributed by atoms with E-state index in [1.807, 2.05) is 42.5 Å². The van der Waals surface area contributed by atoms with E-state index in [0.717, 1.165) is 20.6 Å². The highest BCUT2D eigenvalue weighted by atomic mass is 79.9. The number of amides is 1. The summed E-state index contributed by atoms with van der Waals surface area (Å²) in [5.74, 6) is -0.559. The van der Waals surface area contributed by atoms with Crippen molar-refractivity contribution in [3.63, 3.8) is 0 Å². The van der Waals surface area contributed by atoms with Crippen molar-refractivity contribution < 1.29 is 9.21 Å². The highest BCUT2D eigenvalue weighted by molar-refractivity contribution is 9.10. The van der Waals surface area contributed by atoms with Gasteiger partial charge in [0, 0.05) is 9.86 Å². The van der Waals surface area contributed by atoms with Crippen LogP contribution in [0.25, 0.3) is 21.7 Å². The van der Waals surface area contributed by atoms with Crippen LogP contribution in [-0.2, 0) is 0 Å². The van der Waals surface area contributed by atoms with Crippen LogP contribution < -0.4 is 16.5 Å². The predicted octanol–water partition coefficient (Wildman–Crippen LogP) is 4.47. The Kier molecular flexibility index (Phi) is 4.18. The molecule has 0 aliphatic carbocycles. The van der Waals surface area contributed by atoms with Crippen molar-refractivity contribution >= 4 is 49.3 Å². The van der Waals surface area contributed by atoms with Crippen molar-refractivity contribution in [2.24, 2.45) is 0 Å². The molecule has 0 saturated heterocycles. The highest BCUT2D eigenvalue weighted by Crippen LogP contribution is 2.25. The number of halogens is 1. The largest absolute Gasteiger partial charge is 0.422 e. The molecule has 0 radical (unpaired) electrons. The second-order valence-corrected chi connectivity index (χ2v) is 6.65. The maximum absolute atomic E-state index is 12.4. The number of carbonyl (C=O) groups is 1. The van der Waals surface area contributed by atoms with Gasteiger partial charge in [-0.2, -0.15) is 0 Å². The normalized spacial score (nSPS) is 10.8. The van der Waals surface area contributed by atoms with Crippen LogP contribution in [0.5, 0.6) is 0 Å². The molecule has 1 aromatic heterocycles. The molecule has 0 aliphatic heterocycles. The van der Waals surface area contributed by atoms with E-state index < -0.39 is 11.5 Å². The van der Waals surface area contributed by atoms with Crippen LogP contribution >= 0.6 is 15.9 Å². The molecule has 2 N–H and O–H groups in total. The Morgan fingerprint density at radius 3 is 2.50 bits per heavy atom. The van der Waals surface area contributed by atoms with Gasteiger partial charge in [0.1, 0.15) is 11.1 Å². The number of carbonyl (C=O) groups excluding carboxylic acids is 1. The zero-order valence-corrected chi connectivity index (χ0v) is 15.0. The topological polar surface area (TPSA) is 71.3 Å². The first kappa shape index (κ1) is 16.4. The van der Waals surface area contributed by atoms with Gasteiger partial charge in [-0.3, -0.25) is 15.6 Å². The van der Waals surface area contributed by atoms with Crippen molar-refractivity contribution in [2.75, 3.05) is 5.43 Å². The van der Waals surface area contributed by atoms with Gasteiger partial charge in [0.05, 0.1) is 5.69 Å². The zero-order valence-electron chi connectivity index (χ0n) is 13.5. The van der Waals surface area contributed by atoms with E-state index in [9.17, 15) is 9.59 Å². The van der Waals surface area contributed by atoms with E-state index in [1.54, 1.807) is 24.3 Å². The van der Waals surface area contributed by atoms with Crippen LogP contribution in [0.4, 0.5) is 5.69 Å². The van der Waals surface area contributed by atoms with Crippen LogP contribution in [0.1, 0.15) is 10.4 Å². The number of fused-ring (bicyclic) bond motifs is 3. The molecular weight excluding hydrogens is 396 g/mol. The molecule has 0 fully saturated rings. The smallest absolute Gasteiger partial charge is 0.349 e. The quantitative estimate of drug-likeness (QED) is 0.298. The molecule has 4 aromatic rings. The third kappa shape index (κ3) is 3.07. The number of hydrogen-bond donors (Lipinski definition) is 2. The molecule has 0 spiro atoms. The molecule has 0 bridgehead atoms. The number of benzene rings is 3. The second kappa shape index (κ2) is 6.65. The van der Waals surface area contributed by atoms with E-state index in [0.29, 0.717) is 11.3 Å².